The second-order valence-electron chi connectivity index (χ2n) is 5.93. The predicted molar refractivity (Wildman–Crippen MR) is 103 cm³/mol. The number of benzene rings is 1. The number of aromatic nitrogens is 2. The van der Waals surface area contributed by atoms with Crippen LogP contribution >= 0.6 is 12.4 Å². The Morgan fingerprint density at radius 1 is 1.00 bits per heavy atom. The van der Waals surface area contributed by atoms with E-state index >= 15 is 0 Å². The third-order valence-corrected chi connectivity index (χ3v) is 4.34. The molecule has 0 amide bonds. The Morgan fingerprint density at radius 3 is 2.56 bits per heavy atom. The van der Waals surface area contributed by atoms with Gasteiger partial charge in [0.25, 0.3) is 6.01 Å². The molecule has 0 bridgehead atoms. The summed E-state index contributed by atoms with van der Waals surface area (Å²) in [6.45, 7) is 5.93. The van der Waals surface area contributed by atoms with Crippen molar-refractivity contribution in [3.63, 3.8) is 0 Å². The highest BCUT2D eigenvalue weighted by Crippen LogP contribution is 2.18. The van der Waals surface area contributed by atoms with E-state index in [0.29, 0.717) is 6.01 Å². The molecule has 0 spiro atoms. The third-order valence-electron chi connectivity index (χ3n) is 4.34. The van der Waals surface area contributed by atoms with Gasteiger partial charge in [0.1, 0.15) is 11.3 Å². The molecule has 2 aromatic heterocycles. The van der Waals surface area contributed by atoms with Gasteiger partial charge in [0.15, 0.2) is 5.58 Å². The number of rotatable bonds is 5. The molecule has 3 aromatic rings. The lowest BCUT2D eigenvalue weighted by Gasteiger charge is -2.35. The van der Waals surface area contributed by atoms with Crippen LogP contribution in [0, 0.1) is 0 Å². The van der Waals surface area contributed by atoms with E-state index in [2.05, 4.69) is 31.2 Å². The van der Waals surface area contributed by atoms with Crippen molar-refractivity contribution in [1.82, 2.24) is 14.9 Å². The molecular weight excluding hydrogens is 338 g/mol. The number of para-hydroxylation sites is 2. The Kier molecular flexibility index (Phi) is 5.73. The van der Waals surface area contributed by atoms with Crippen LogP contribution in [0.4, 0.5) is 11.8 Å². The van der Waals surface area contributed by atoms with E-state index in [0.717, 1.165) is 56.2 Å². The summed E-state index contributed by atoms with van der Waals surface area (Å²) in [4.78, 5) is 13.7. The van der Waals surface area contributed by atoms with E-state index in [1.54, 1.807) is 0 Å². The lowest BCUT2D eigenvalue weighted by atomic mass is 10.3. The van der Waals surface area contributed by atoms with Gasteiger partial charge in [-0.2, -0.15) is 4.98 Å². The molecule has 1 aromatic carbocycles. The van der Waals surface area contributed by atoms with Gasteiger partial charge >= 0.3 is 0 Å². The van der Waals surface area contributed by atoms with Crippen molar-refractivity contribution in [2.24, 2.45) is 0 Å². The Morgan fingerprint density at radius 2 is 1.80 bits per heavy atom. The topological polar surface area (TPSA) is 57.4 Å². The molecule has 1 saturated heterocycles. The number of hydrogen-bond acceptors (Lipinski definition) is 6. The van der Waals surface area contributed by atoms with Gasteiger partial charge in [0.05, 0.1) is 0 Å². The zero-order valence-corrected chi connectivity index (χ0v) is 14.8. The third kappa shape index (κ3) is 4.21. The van der Waals surface area contributed by atoms with Crippen LogP contribution in [0.15, 0.2) is 53.1 Å². The quantitative estimate of drug-likeness (QED) is 0.756. The van der Waals surface area contributed by atoms with Crippen LogP contribution < -0.4 is 10.2 Å². The van der Waals surface area contributed by atoms with Crippen molar-refractivity contribution in [1.29, 1.82) is 0 Å². The minimum Gasteiger partial charge on any atom is -0.424 e. The molecule has 0 unspecified atom stereocenters. The number of halogens is 1. The molecule has 132 valence electrons. The zero-order chi connectivity index (χ0) is 16.2. The number of fused-ring (bicyclic) bond motifs is 1. The normalized spacial score (nSPS) is 15.1. The van der Waals surface area contributed by atoms with Gasteiger partial charge < -0.3 is 14.6 Å². The maximum absolute atomic E-state index is 5.68. The van der Waals surface area contributed by atoms with E-state index < -0.39 is 0 Å². The largest absolute Gasteiger partial charge is 0.424 e. The lowest BCUT2D eigenvalue weighted by Crippen LogP contribution is -2.47. The highest BCUT2D eigenvalue weighted by molar-refractivity contribution is 5.85. The van der Waals surface area contributed by atoms with Crippen molar-refractivity contribution in [2.45, 2.75) is 0 Å². The first-order chi connectivity index (χ1) is 11.9. The second kappa shape index (κ2) is 8.18. The summed E-state index contributed by atoms with van der Waals surface area (Å²) in [6.07, 6.45) is 1.85. The minimum atomic E-state index is 0. The van der Waals surface area contributed by atoms with Crippen LogP contribution in [-0.2, 0) is 0 Å². The van der Waals surface area contributed by atoms with Gasteiger partial charge in [-0.15, -0.1) is 12.4 Å². The number of anilines is 2. The number of nitrogens with one attached hydrogen (secondary N) is 1. The predicted octanol–water partition coefficient (Wildman–Crippen LogP) is 2.88. The van der Waals surface area contributed by atoms with Gasteiger partial charge in [-0.1, -0.05) is 18.2 Å². The number of hydrogen-bond donors (Lipinski definition) is 1. The smallest absolute Gasteiger partial charge is 0.295 e. The molecule has 0 atom stereocenters. The summed E-state index contributed by atoms with van der Waals surface area (Å²) >= 11 is 0. The van der Waals surface area contributed by atoms with Crippen LogP contribution in [0.1, 0.15) is 0 Å². The van der Waals surface area contributed by atoms with Gasteiger partial charge in [-0.05, 0) is 24.3 Å². The van der Waals surface area contributed by atoms with E-state index in [1.807, 2.05) is 42.6 Å². The summed E-state index contributed by atoms with van der Waals surface area (Å²) < 4.78 is 5.68. The number of piperazine rings is 1. The van der Waals surface area contributed by atoms with Crippen LogP contribution in [0.2, 0.25) is 0 Å². The Bertz CT molecular complexity index is 753. The summed E-state index contributed by atoms with van der Waals surface area (Å²) in [5, 5.41) is 3.28. The van der Waals surface area contributed by atoms with E-state index in [-0.39, 0.29) is 12.4 Å². The van der Waals surface area contributed by atoms with Crippen molar-refractivity contribution in [3.05, 3.63) is 48.7 Å². The van der Waals surface area contributed by atoms with Gasteiger partial charge in [-0.3, -0.25) is 4.90 Å². The molecule has 4 rings (SSSR count). The zero-order valence-electron chi connectivity index (χ0n) is 14.0. The molecule has 7 heteroatoms. The fraction of sp³-hybridized carbons (Fsp3) is 0.333. The summed E-state index contributed by atoms with van der Waals surface area (Å²) in [5.74, 6) is 1.07. The standard InChI is InChI=1S/C18H21N5O.ClH/c1-2-6-16-15(5-1)21-18(24-16)20-9-10-22-11-13-23(14-12-22)17-7-3-4-8-19-17;/h1-8H,9-14H2,(H,20,21);1H. The van der Waals surface area contributed by atoms with Gasteiger partial charge in [0.2, 0.25) is 0 Å². The first-order valence-corrected chi connectivity index (χ1v) is 8.36. The maximum atomic E-state index is 5.68. The maximum Gasteiger partial charge on any atom is 0.295 e. The molecule has 1 fully saturated rings. The van der Waals surface area contributed by atoms with Gasteiger partial charge in [0, 0.05) is 45.5 Å². The molecular formula is C18H22ClN5O. The Labute approximate surface area is 153 Å². The number of pyridine rings is 1. The summed E-state index contributed by atoms with van der Waals surface area (Å²) in [6, 6.07) is 14.5. The number of oxazole rings is 1. The molecule has 1 aliphatic rings. The Hall–Kier alpha value is -2.31. The van der Waals surface area contributed by atoms with Crippen LogP contribution in [-0.4, -0.2) is 54.1 Å². The molecule has 0 radical (unpaired) electrons. The first kappa shape index (κ1) is 17.5. The highest BCUT2D eigenvalue weighted by Gasteiger charge is 2.17. The van der Waals surface area contributed by atoms with Crippen molar-refractivity contribution >= 4 is 35.3 Å². The van der Waals surface area contributed by atoms with Crippen molar-refractivity contribution in [2.75, 3.05) is 49.5 Å². The molecule has 0 aliphatic carbocycles. The van der Waals surface area contributed by atoms with E-state index in [9.17, 15) is 0 Å². The monoisotopic (exact) mass is 359 g/mol. The number of nitrogens with zero attached hydrogens (tertiary/aromatic N) is 4. The molecule has 25 heavy (non-hydrogen) atoms. The SMILES string of the molecule is Cl.c1ccc(N2CCN(CCNc3nc4ccccc4o3)CC2)nc1. The molecule has 3 heterocycles. The highest BCUT2D eigenvalue weighted by atomic mass is 35.5. The van der Waals surface area contributed by atoms with E-state index in [4.69, 9.17) is 4.42 Å². The average Bonchev–Trinajstić information content (AvgIpc) is 3.06. The Balaban J connectivity index is 0.00000182. The molecule has 6 nitrogen and oxygen atoms in total. The van der Waals surface area contributed by atoms with Gasteiger partial charge in [-0.25, -0.2) is 4.98 Å². The van der Waals surface area contributed by atoms with Crippen LogP contribution in [0.3, 0.4) is 0 Å². The molecule has 0 saturated carbocycles. The lowest BCUT2D eigenvalue weighted by molar-refractivity contribution is 0.266. The summed E-state index contributed by atoms with van der Waals surface area (Å²) in [5.41, 5.74) is 1.72. The first-order valence-electron chi connectivity index (χ1n) is 8.36. The fourth-order valence-electron chi connectivity index (χ4n) is 3.01. The molecule has 1 aliphatic heterocycles. The van der Waals surface area contributed by atoms with Crippen molar-refractivity contribution < 1.29 is 4.42 Å². The fourth-order valence-corrected chi connectivity index (χ4v) is 3.01. The van der Waals surface area contributed by atoms with Crippen molar-refractivity contribution in [3.8, 4) is 0 Å². The average molecular weight is 360 g/mol. The van der Waals surface area contributed by atoms with Crippen LogP contribution in [0.5, 0.6) is 0 Å². The summed E-state index contributed by atoms with van der Waals surface area (Å²) in [7, 11) is 0. The second-order valence-corrected chi connectivity index (χ2v) is 5.93. The van der Waals surface area contributed by atoms with Crippen LogP contribution in [0.25, 0.3) is 11.1 Å². The minimum absolute atomic E-state index is 0. The molecule has 1 N–H and O–H groups in total. The van der Waals surface area contributed by atoms with E-state index in [1.165, 1.54) is 0 Å².